The zero-order valence-corrected chi connectivity index (χ0v) is 16.2. The molecule has 1 heterocycles. The monoisotopic (exact) mass is 388 g/mol. The van der Waals surface area contributed by atoms with Gasteiger partial charge in [0.15, 0.2) is 5.82 Å². The Morgan fingerprint density at radius 2 is 1.68 bits per heavy atom. The minimum atomic E-state index is -2.91. The Morgan fingerprint density at radius 3 is 2.29 bits per heavy atom. The van der Waals surface area contributed by atoms with Crippen LogP contribution < -0.4 is 4.74 Å². The lowest BCUT2D eigenvalue weighted by Gasteiger charge is -2.06. The fourth-order valence-electron chi connectivity index (χ4n) is 3.07. The molecule has 0 amide bonds. The molecule has 3 rings (SSSR count). The fraction of sp³-hybridized carbons (Fsp3) is 0.500. The first-order chi connectivity index (χ1) is 13.5. The quantitative estimate of drug-likeness (QED) is 0.302. The van der Waals surface area contributed by atoms with Gasteiger partial charge in [-0.3, -0.25) is 4.79 Å². The van der Waals surface area contributed by atoms with E-state index in [9.17, 15) is 13.6 Å². The lowest BCUT2D eigenvalue weighted by molar-refractivity contribution is -0.138. The number of aryl methyl sites for hydroxylation is 1. The molecule has 0 N–H and O–H groups in total. The second-order valence-electron chi connectivity index (χ2n) is 7.40. The van der Waals surface area contributed by atoms with Crippen LogP contribution in [0.15, 0.2) is 36.7 Å². The van der Waals surface area contributed by atoms with Crippen molar-refractivity contribution in [1.29, 1.82) is 0 Å². The molecule has 1 aromatic heterocycles. The summed E-state index contributed by atoms with van der Waals surface area (Å²) in [5, 5.41) is 0. The van der Waals surface area contributed by atoms with E-state index in [2.05, 4.69) is 16.9 Å². The van der Waals surface area contributed by atoms with Crippen LogP contribution in [-0.4, -0.2) is 21.9 Å². The maximum atomic E-state index is 12.9. The Bertz CT molecular complexity index is 776. The van der Waals surface area contributed by atoms with E-state index >= 15 is 0 Å². The average molecular weight is 388 g/mol. The molecule has 0 aliphatic heterocycles. The number of carbonyl (C=O) groups excluding carboxylic acids is 1. The molecule has 1 aromatic carbocycles. The number of unbranched alkanes of at least 4 members (excludes halogenated alkanes) is 5. The van der Waals surface area contributed by atoms with Gasteiger partial charge in [0.25, 0.3) is 5.92 Å². The van der Waals surface area contributed by atoms with E-state index in [1.54, 1.807) is 24.3 Å². The van der Waals surface area contributed by atoms with Gasteiger partial charge in [0.1, 0.15) is 11.7 Å². The molecule has 150 valence electrons. The van der Waals surface area contributed by atoms with Gasteiger partial charge in [0.2, 0.25) is 0 Å². The molecule has 28 heavy (non-hydrogen) atoms. The Morgan fingerprint density at radius 1 is 1.07 bits per heavy atom. The molecule has 0 unspecified atom stereocenters. The van der Waals surface area contributed by atoms with Gasteiger partial charge in [0.05, 0.1) is 0 Å². The number of benzene rings is 1. The van der Waals surface area contributed by atoms with Crippen LogP contribution in [-0.2, 0) is 11.2 Å². The van der Waals surface area contributed by atoms with Crippen LogP contribution in [0.25, 0.3) is 11.4 Å². The summed E-state index contributed by atoms with van der Waals surface area (Å²) in [7, 11) is 0. The van der Waals surface area contributed by atoms with Crippen molar-refractivity contribution in [1.82, 2.24) is 9.97 Å². The lowest BCUT2D eigenvalue weighted by Crippen LogP contribution is -2.14. The summed E-state index contributed by atoms with van der Waals surface area (Å²) < 4.78 is 30.8. The molecule has 4 nitrogen and oxygen atoms in total. The molecule has 2 aromatic rings. The number of carbonyl (C=O) groups is 1. The second kappa shape index (κ2) is 9.22. The number of halogens is 2. The standard InChI is InChI=1S/C22H26F2N2O2/c1-2-3-4-5-6-7-8-16-14-25-20(26-15-16)17-9-11-18(12-10-17)28-21(27)19-13-22(19,23)24/h9-12,14-15,19H,2-8,13H2,1H3/t19-/m0/s1. The Kier molecular flexibility index (Phi) is 6.70. The summed E-state index contributed by atoms with van der Waals surface area (Å²) in [6.45, 7) is 2.22. The third-order valence-corrected chi connectivity index (χ3v) is 4.97. The Balaban J connectivity index is 1.48. The van der Waals surface area contributed by atoms with Crippen molar-refractivity contribution in [2.24, 2.45) is 5.92 Å². The number of hydrogen-bond donors (Lipinski definition) is 0. The van der Waals surface area contributed by atoms with Gasteiger partial charge in [-0.2, -0.15) is 0 Å². The van der Waals surface area contributed by atoms with Crippen LogP contribution in [0.5, 0.6) is 5.75 Å². The van der Waals surface area contributed by atoms with Crippen LogP contribution in [0.3, 0.4) is 0 Å². The maximum absolute atomic E-state index is 12.9. The van der Waals surface area contributed by atoms with Gasteiger partial charge in [-0.1, -0.05) is 39.0 Å². The van der Waals surface area contributed by atoms with Crippen LogP contribution in [0.2, 0.25) is 0 Å². The number of aromatic nitrogens is 2. The van der Waals surface area contributed by atoms with E-state index in [1.807, 2.05) is 12.4 Å². The summed E-state index contributed by atoms with van der Waals surface area (Å²) in [6.07, 6.45) is 11.8. The highest BCUT2D eigenvalue weighted by molar-refractivity contribution is 5.79. The largest absolute Gasteiger partial charge is 0.426 e. The molecular formula is C22H26F2N2O2. The van der Waals surface area contributed by atoms with E-state index in [1.165, 1.54) is 32.1 Å². The topological polar surface area (TPSA) is 52.1 Å². The molecule has 1 aliphatic rings. The molecule has 1 atom stereocenters. The number of hydrogen-bond acceptors (Lipinski definition) is 4. The molecule has 0 bridgehead atoms. The van der Waals surface area contributed by atoms with Gasteiger partial charge in [-0.15, -0.1) is 0 Å². The van der Waals surface area contributed by atoms with Gasteiger partial charge in [-0.25, -0.2) is 18.7 Å². The highest BCUT2D eigenvalue weighted by Gasteiger charge is 2.62. The third-order valence-electron chi connectivity index (χ3n) is 4.97. The van der Waals surface area contributed by atoms with Crippen LogP contribution in [0.4, 0.5) is 8.78 Å². The smallest absolute Gasteiger partial charge is 0.320 e. The van der Waals surface area contributed by atoms with E-state index < -0.39 is 24.2 Å². The predicted octanol–water partition coefficient (Wildman–Crippen LogP) is 5.61. The van der Waals surface area contributed by atoms with Crippen molar-refractivity contribution < 1.29 is 18.3 Å². The normalized spacial score (nSPS) is 17.3. The first-order valence-corrected chi connectivity index (χ1v) is 10.0. The van der Waals surface area contributed by atoms with Crippen molar-refractivity contribution in [2.45, 2.75) is 64.2 Å². The zero-order valence-electron chi connectivity index (χ0n) is 16.2. The lowest BCUT2D eigenvalue weighted by atomic mass is 10.1. The van der Waals surface area contributed by atoms with E-state index in [0.717, 1.165) is 24.0 Å². The summed E-state index contributed by atoms with van der Waals surface area (Å²) in [5.41, 5.74) is 1.90. The molecule has 0 radical (unpaired) electrons. The van der Waals surface area contributed by atoms with Crippen molar-refractivity contribution >= 4 is 5.97 Å². The van der Waals surface area contributed by atoms with Crippen LogP contribution in [0, 0.1) is 5.92 Å². The molecule has 6 heteroatoms. The summed E-state index contributed by atoms with van der Waals surface area (Å²) in [5.74, 6) is -4.28. The van der Waals surface area contributed by atoms with E-state index in [-0.39, 0.29) is 5.75 Å². The number of alkyl halides is 2. The van der Waals surface area contributed by atoms with Gasteiger partial charge in [0, 0.05) is 24.4 Å². The molecule has 0 spiro atoms. The summed E-state index contributed by atoms with van der Waals surface area (Å²) >= 11 is 0. The number of esters is 1. The zero-order chi connectivity index (χ0) is 20.0. The summed E-state index contributed by atoms with van der Waals surface area (Å²) in [4.78, 5) is 20.4. The van der Waals surface area contributed by atoms with Gasteiger partial charge < -0.3 is 4.74 Å². The SMILES string of the molecule is CCCCCCCCc1cnc(-c2ccc(OC(=O)[C@@H]3CC3(F)F)cc2)nc1. The maximum Gasteiger partial charge on any atom is 0.320 e. The fourth-order valence-corrected chi connectivity index (χ4v) is 3.07. The second-order valence-corrected chi connectivity index (χ2v) is 7.40. The molecular weight excluding hydrogens is 362 g/mol. The molecule has 1 saturated carbocycles. The van der Waals surface area contributed by atoms with Crippen molar-refractivity contribution in [3.8, 4) is 17.1 Å². The highest BCUT2D eigenvalue weighted by Crippen LogP contribution is 2.49. The summed E-state index contributed by atoms with van der Waals surface area (Å²) in [6, 6.07) is 6.58. The number of rotatable bonds is 10. The third kappa shape index (κ3) is 5.57. The molecule has 0 saturated heterocycles. The molecule has 1 fully saturated rings. The van der Waals surface area contributed by atoms with Gasteiger partial charge >= 0.3 is 5.97 Å². The van der Waals surface area contributed by atoms with Gasteiger partial charge in [-0.05, 0) is 42.7 Å². The Hall–Kier alpha value is -2.37. The predicted molar refractivity (Wildman–Crippen MR) is 103 cm³/mol. The van der Waals surface area contributed by atoms with Crippen LogP contribution >= 0.6 is 0 Å². The van der Waals surface area contributed by atoms with E-state index in [4.69, 9.17) is 4.74 Å². The first kappa shape index (κ1) is 20.4. The Labute approximate surface area is 164 Å². The van der Waals surface area contributed by atoms with Crippen molar-refractivity contribution in [3.63, 3.8) is 0 Å². The number of nitrogens with zero attached hydrogens (tertiary/aromatic N) is 2. The number of ether oxygens (including phenoxy) is 1. The molecule has 1 aliphatic carbocycles. The first-order valence-electron chi connectivity index (χ1n) is 10.0. The minimum Gasteiger partial charge on any atom is -0.426 e. The highest BCUT2D eigenvalue weighted by atomic mass is 19.3. The van der Waals surface area contributed by atoms with E-state index in [0.29, 0.717) is 5.82 Å². The van der Waals surface area contributed by atoms with Crippen molar-refractivity contribution in [3.05, 3.63) is 42.2 Å². The minimum absolute atomic E-state index is 0.246. The van der Waals surface area contributed by atoms with Crippen LogP contribution in [0.1, 0.15) is 57.4 Å². The van der Waals surface area contributed by atoms with Crippen molar-refractivity contribution in [2.75, 3.05) is 0 Å². The average Bonchev–Trinajstić information content (AvgIpc) is 3.34.